The van der Waals surface area contributed by atoms with Crippen molar-refractivity contribution >= 4 is 5.78 Å². The molecule has 100 valence electrons. The Balaban J connectivity index is 3.65. The van der Waals surface area contributed by atoms with Gasteiger partial charge in [0.1, 0.15) is 11.5 Å². The normalized spacial score (nSPS) is 11.4. The Morgan fingerprint density at radius 3 is 2.39 bits per heavy atom. The first-order valence-electron chi connectivity index (χ1n) is 5.27. The summed E-state index contributed by atoms with van der Waals surface area (Å²) in [6.45, 7) is 3.96. The smallest absolute Gasteiger partial charge is 0.417 e. The van der Waals surface area contributed by atoms with Crippen LogP contribution < -0.4 is 4.74 Å². The summed E-state index contributed by atoms with van der Waals surface area (Å²) < 4.78 is 43.9. The molecule has 0 saturated carbocycles. The van der Waals surface area contributed by atoms with Gasteiger partial charge in [0.15, 0.2) is 5.78 Å². The number of rotatable bonds is 3. The molecule has 3 nitrogen and oxygen atoms in total. The van der Waals surface area contributed by atoms with Gasteiger partial charge < -0.3 is 9.84 Å². The Labute approximate surface area is 102 Å². The zero-order valence-corrected chi connectivity index (χ0v) is 10.2. The number of hydrogen-bond acceptors (Lipinski definition) is 3. The molecular formula is C12H13F3O3. The fraction of sp³-hybridized carbons (Fsp3) is 0.417. The first-order valence-corrected chi connectivity index (χ1v) is 5.27. The third-order valence-electron chi connectivity index (χ3n) is 2.45. The van der Waals surface area contributed by atoms with E-state index in [1.807, 2.05) is 0 Å². The number of aromatic hydroxyl groups is 1. The summed E-state index contributed by atoms with van der Waals surface area (Å²) in [6.07, 6.45) is -4.73. The quantitative estimate of drug-likeness (QED) is 0.850. The van der Waals surface area contributed by atoms with Gasteiger partial charge in [-0.3, -0.25) is 4.79 Å². The Bertz CT molecular complexity index is 478. The molecule has 6 heteroatoms. The standard InChI is InChI=1S/C12H13F3O3/c1-4-18-9-5-8(17)10(7(3)16)11(6(9)2)12(13,14)15/h5,17H,4H2,1-3H3. The lowest BCUT2D eigenvalue weighted by molar-refractivity contribution is -0.138. The van der Waals surface area contributed by atoms with Crippen LogP contribution in [0.3, 0.4) is 0 Å². The molecule has 0 aliphatic heterocycles. The second-order valence-electron chi connectivity index (χ2n) is 3.76. The second-order valence-corrected chi connectivity index (χ2v) is 3.76. The summed E-state index contributed by atoms with van der Waals surface area (Å²) in [7, 11) is 0. The van der Waals surface area contributed by atoms with Crippen molar-refractivity contribution in [2.24, 2.45) is 0 Å². The molecule has 0 aromatic heterocycles. The van der Waals surface area contributed by atoms with Crippen LogP contribution in [0.25, 0.3) is 0 Å². The van der Waals surface area contributed by atoms with Gasteiger partial charge in [0.2, 0.25) is 0 Å². The fourth-order valence-electron chi connectivity index (χ4n) is 1.76. The maximum absolute atomic E-state index is 13.0. The molecule has 0 bridgehead atoms. The highest BCUT2D eigenvalue weighted by Gasteiger charge is 2.39. The Morgan fingerprint density at radius 2 is 2.00 bits per heavy atom. The lowest BCUT2D eigenvalue weighted by Crippen LogP contribution is -2.15. The first-order chi connectivity index (χ1) is 8.20. The SMILES string of the molecule is CCOc1cc(O)c(C(C)=O)c(C(F)(F)F)c1C. The fourth-order valence-corrected chi connectivity index (χ4v) is 1.76. The number of Topliss-reactive ketones (excluding diaryl/α,β-unsaturated/α-hetero) is 1. The summed E-state index contributed by atoms with van der Waals surface area (Å²) in [5.41, 5.74) is -2.06. The molecule has 0 heterocycles. The van der Waals surface area contributed by atoms with Crippen molar-refractivity contribution in [3.05, 3.63) is 22.8 Å². The van der Waals surface area contributed by atoms with Gasteiger partial charge in [0.05, 0.1) is 17.7 Å². The summed E-state index contributed by atoms with van der Waals surface area (Å²) in [5, 5.41) is 9.56. The van der Waals surface area contributed by atoms with Gasteiger partial charge in [-0.15, -0.1) is 0 Å². The zero-order chi connectivity index (χ0) is 14.1. The number of hydrogen-bond donors (Lipinski definition) is 1. The van der Waals surface area contributed by atoms with E-state index in [-0.39, 0.29) is 17.9 Å². The highest BCUT2D eigenvalue weighted by atomic mass is 19.4. The number of ketones is 1. The number of alkyl halides is 3. The molecule has 0 spiro atoms. The average molecular weight is 262 g/mol. The summed E-state index contributed by atoms with van der Waals surface area (Å²) in [6, 6.07) is 1.03. The van der Waals surface area contributed by atoms with E-state index in [9.17, 15) is 23.1 Å². The molecule has 0 radical (unpaired) electrons. The number of ether oxygens (including phenoxy) is 1. The maximum Gasteiger partial charge on any atom is 0.417 e. The number of phenolic OH excluding ortho intramolecular Hbond substituents is 1. The predicted octanol–water partition coefficient (Wildman–Crippen LogP) is 3.32. The van der Waals surface area contributed by atoms with Gasteiger partial charge in [0.25, 0.3) is 0 Å². The van der Waals surface area contributed by atoms with Crippen molar-refractivity contribution in [1.29, 1.82) is 0 Å². The molecular weight excluding hydrogens is 249 g/mol. The third-order valence-corrected chi connectivity index (χ3v) is 2.45. The van der Waals surface area contributed by atoms with Crippen LogP contribution in [-0.2, 0) is 6.18 Å². The van der Waals surface area contributed by atoms with Gasteiger partial charge in [-0.25, -0.2) is 0 Å². The molecule has 0 saturated heterocycles. The molecule has 0 fully saturated rings. The molecule has 0 aliphatic rings. The molecule has 1 aromatic carbocycles. The van der Waals surface area contributed by atoms with Crippen LogP contribution in [0.2, 0.25) is 0 Å². The minimum absolute atomic E-state index is 0.0766. The number of benzene rings is 1. The van der Waals surface area contributed by atoms with Gasteiger partial charge in [0, 0.05) is 11.6 Å². The van der Waals surface area contributed by atoms with Gasteiger partial charge in [-0.2, -0.15) is 13.2 Å². The van der Waals surface area contributed by atoms with Crippen molar-refractivity contribution in [3.8, 4) is 11.5 Å². The lowest BCUT2D eigenvalue weighted by Gasteiger charge is -2.18. The Hall–Kier alpha value is -1.72. The van der Waals surface area contributed by atoms with Crippen LogP contribution in [0.15, 0.2) is 6.07 Å². The topological polar surface area (TPSA) is 46.5 Å². The lowest BCUT2D eigenvalue weighted by atomic mass is 9.97. The number of halogens is 3. The van der Waals surface area contributed by atoms with Gasteiger partial charge in [-0.1, -0.05) is 0 Å². The van der Waals surface area contributed by atoms with Crippen molar-refractivity contribution < 1.29 is 27.8 Å². The van der Waals surface area contributed by atoms with E-state index in [4.69, 9.17) is 4.74 Å². The predicted molar refractivity (Wildman–Crippen MR) is 59.0 cm³/mol. The molecule has 0 amide bonds. The monoisotopic (exact) mass is 262 g/mol. The molecule has 18 heavy (non-hydrogen) atoms. The maximum atomic E-state index is 13.0. The van der Waals surface area contributed by atoms with E-state index < -0.39 is 28.8 Å². The molecule has 0 aliphatic carbocycles. The van der Waals surface area contributed by atoms with Crippen molar-refractivity contribution in [3.63, 3.8) is 0 Å². The molecule has 0 unspecified atom stereocenters. The first kappa shape index (κ1) is 14.3. The van der Waals surface area contributed by atoms with Gasteiger partial charge in [-0.05, 0) is 20.8 Å². The van der Waals surface area contributed by atoms with Crippen LogP contribution in [-0.4, -0.2) is 17.5 Å². The third kappa shape index (κ3) is 2.57. The van der Waals surface area contributed by atoms with Crippen molar-refractivity contribution in [1.82, 2.24) is 0 Å². The van der Waals surface area contributed by atoms with E-state index in [0.717, 1.165) is 13.0 Å². The van der Waals surface area contributed by atoms with E-state index in [0.29, 0.717) is 0 Å². The van der Waals surface area contributed by atoms with Crippen LogP contribution in [0, 0.1) is 6.92 Å². The molecule has 1 N–H and O–H groups in total. The number of phenols is 1. The van der Waals surface area contributed by atoms with Crippen molar-refractivity contribution in [2.45, 2.75) is 26.9 Å². The molecule has 1 aromatic rings. The number of carbonyl (C=O) groups excluding carboxylic acids is 1. The minimum Gasteiger partial charge on any atom is -0.507 e. The average Bonchev–Trinajstić information content (AvgIpc) is 2.20. The number of carbonyl (C=O) groups is 1. The van der Waals surface area contributed by atoms with E-state index in [1.54, 1.807) is 6.92 Å². The van der Waals surface area contributed by atoms with Crippen LogP contribution in [0.1, 0.15) is 35.3 Å². The van der Waals surface area contributed by atoms with Crippen LogP contribution in [0.4, 0.5) is 13.2 Å². The highest BCUT2D eigenvalue weighted by Crippen LogP contribution is 2.42. The van der Waals surface area contributed by atoms with Crippen molar-refractivity contribution in [2.75, 3.05) is 6.61 Å². The summed E-state index contributed by atoms with van der Waals surface area (Å²) in [4.78, 5) is 11.3. The van der Waals surface area contributed by atoms with E-state index in [1.165, 1.54) is 6.92 Å². The van der Waals surface area contributed by atoms with E-state index in [2.05, 4.69) is 0 Å². The Morgan fingerprint density at radius 1 is 1.44 bits per heavy atom. The van der Waals surface area contributed by atoms with E-state index >= 15 is 0 Å². The minimum atomic E-state index is -4.73. The highest BCUT2D eigenvalue weighted by molar-refractivity contribution is 5.99. The van der Waals surface area contributed by atoms with Crippen LogP contribution >= 0.6 is 0 Å². The summed E-state index contributed by atoms with van der Waals surface area (Å²) in [5.74, 6) is -1.64. The second kappa shape index (κ2) is 4.88. The summed E-state index contributed by atoms with van der Waals surface area (Å²) >= 11 is 0. The van der Waals surface area contributed by atoms with Gasteiger partial charge >= 0.3 is 6.18 Å². The molecule has 0 atom stereocenters. The Kier molecular flexibility index (Phi) is 3.88. The largest absolute Gasteiger partial charge is 0.507 e. The van der Waals surface area contributed by atoms with Crippen LogP contribution in [0.5, 0.6) is 11.5 Å². The molecule has 1 rings (SSSR count). The zero-order valence-electron chi connectivity index (χ0n) is 10.2.